The Morgan fingerprint density at radius 2 is 0.440 bits per heavy atom. The van der Waals surface area contributed by atoms with E-state index in [1.165, 1.54) is 74.5 Å². The van der Waals surface area contributed by atoms with E-state index in [1.807, 2.05) is 12.1 Å². The van der Waals surface area contributed by atoms with Gasteiger partial charge < -0.3 is 28.4 Å². The number of hydrogen-bond acceptors (Lipinski definition) is 14. The molecule has 8 rings (SSSR count). The zero-order chi connectivity index (χ0) is 53.6. The van der Waals surface area contributed by atoms with Gasteiger partial charge in [0.05, 0.1) is 42.7 Å². The van der Waals surface area contributed by atoms with Crippen molar-refractivity contribution >= 4 is 70.4 Å². The monoisotopic (exact) mass is 1230 g/mol. The maximum Gasteiger partial charge on any atom is 2.00 e. The first-order chi connectivity index (χ1) is 35.8. The van der Waals surface area contributed by atoms with Crippen LogP contribution < -0.4 is 60.2 Å². The van der Waals surface area contributed by atoms with Gasteiger partial charge in [-0.25, -0.2) is 0 Å². The number of rotatable bonds is 16. The first-order valence-electron chi connectivity index (χ1n) is 21.8. The van der Waals surface area contributed by atoms with Crippen LogP contribution in [0, 0.1) is 52.6 Å². The molecule has 0 amide bonds. The summed E-state index contributed by atoms with van der Waals surface area (Å²) in [7, 11) is 6.17. The third kappa shape index (κ3) is 15.4. The van der Waals surface area contributed by atoms with Gasteiger partial charge in [0.2, 0.25) is 22.7 Å². The van der Waals surface area contributed by atoms with Crippen LogP contribution in [0.4, 0.5) is 22.7 Å². The molecule has 8 aromatic carbocycles. The smallest absolute Gasteiger partial charge is 0.544 e. The summed E-state index contributed by atoms with van der Waals surface area (Å²) in [6, 6.07) is 68.7. The van der Waals surface area contributed by atoms with E-state index in [9.17, 15) is 40.5 Å². The van der Waals surface area contributed by atoms with Crippen LogP contribution in [0.5, 0.6) is 34.5 Å². The van der Waals surface area contributed by atoms with Crippen molar-refractivity contribution in [2.24, 2.45) is 0 Å². The van der Waals surface area contributed by atoms with Gasteiger partial charge in [0.15, 0.2) is 0 Å². The summed E-state index contributed by atoms with van der Waals surface area (Å²) >= 11 is 0. The summed E-state index contributed by atoms with van der Waals surface area (Å²) < 4.78 is 28.9. The molecular formula is C54H48N4O14P2Pt. The maximum absolute atomic E-state index is 10.8. The zero-order valence-corrected chi connectivity index (χ0v) is 45.1. The summed E-state index contributed by atoms with van der Waals surface area (Å²) in [5.41, 5.74) is -2.77. The minimum Gasteiger partial charge on any atom is -0.544 e. The van der Waals surface area contributed by atoms with E-state index in [2.05, 4.69) is 182 Å². The fourth-order valence-electron chi connectivity index (χ4n) is 7.09. The number of nitro benzene ring substituents is 4. The van der Waals surface area contributed by atoms with Crippen molar-refractivity contribution in [1.29, 1.82) is 0 Å². The van der Waals surface area contributed by atoms with Crippen molar-refractivity contribution in [3.05, 3.63) is 235 Å². The molecule has 0 aliphatic heterocycles. The number of methoxy groups -OCH3 is 6. The van der Waals surface area contributed by atoms with E-state index >= 15 is 0 Å². The molecule has 8 aromatic rings. The van der Waals surface area contributed by atoms with Crippen LogP contribution in [0.25, 0.3) is 0 Å². The molecule has 0 heterocycles. The molecule has 0 saturated carbocycles. The Morgan fingerprint density at radius 3 is 0.560 bits per heavy atom. The van der Waals surface area contributed by atoms with E-state index in [1.54, 1.807) is 0 Å². The second-order valence-corrected chi connectivity index (χ2v) is 19.0. The fourth-order valence-corrected chi connectivity index (χ4v) is 11.7. The molecule has 75 heavy (non-hydrogen) atoms. The molecule has 0 aliphatic carbocycles. The van der Waals surface area contributed by atoms with Gasteiger partial charge in [-0.05, 0) is 59.8 Å². The first kappa shape index (κ1) is 59.3. The molecule has 0 spiro atoms. The van der Waals surface area contributed by atoms with E-state index < -0.39 is 58.3 Å². The van der Waals surface area contributed by atoms with Crippen molar-refractivity contribution in [3.63, 3.8) is 0 Å². The van der Waals surface area contributed by atoms with E-state index in [0.29, 0.717) is 0 Å². The maximum atomic E-state index is 10.8. The van der Waals surface area contributed by atoms with Crippen LogP contribution in [0.3, 0.4) is 0 Å². The molecule has 388 valence electrons. The number of ether oxygens (including phenoxy) is 6. The van der Waals surface area contributed by atoms with Crippen LogP contribution in [-0.2, 0) is 21.1 Å². The molecule has 0 radical (unpaired) electrons. The SMILES string of the molecule is COc1c([N+](=O)[O-])[c-]c([N+](=O)[O-])c(OC)c1OC.COc1c([N+](=O)[O-])[c-]c([N+](=O)[O-])c(OC)c1OC.[Pt+2].c1ccc(P(c2ccccc2)c2ccccc2)cc1.c1ccc(P(c2ccccc2)c2ccccc2)cc1. The Hall–Kier alpha value is -8.29. The standard InChI is InChI=1S/2C18H15P.2C9H9N2O7.Pt/c2*1-4-10-16(11-5-1)19(17-12-6-2-7-13-17)18-14-8-3-9-15-18;2*1-16-7-5(10(12)13)4-6(11(14)15)8(17-2)9(7)18-3;/h2*1-15H;2*1-3H3;/q;;2*-1;+2. The van der Waals surface area contributed by atoms with Crippen molar-refractivity contribution in [2.75, 3.05) is 42.7 Å². The summed E-state index contributed by atoms with van der Waals surface area (Å²) in [5, 5.41) is 51.6. The van der Waals surface area contributed by atoms with Gasteiger partial charge in [0.1, 0.15) is 34.5 Å². The van der Waals surface area contributed by atoms with Gasteiger partial charge in [0, 0.05) is 19.7 Å². The molecule has 0 unspecified atom stereocenters. The summed E-state index contributed by atoms with van der Waals surface area (Å²) in [5.74, 6) is -1.60. The molecule has 18 nitrogen and oxygen atoms in total. The van der Waals surface area contributed by atoms with Gasteiger partial charge in [-0.1, -0.05) is 182 Å². The van der Waals surface area contributed by atoms with Crippen molar-refractivity contribution in [2.45, 2.75) is 0 Å². The predicted octanol–water partition coefficient (Wildman–Crippen LogP) is 9.55. The molecule has 0 aliphatic rings. The number of benzene rings is 8. The normalized spacial score (nSPS) is 10.0. The number of nitrogens with zero attached hydrogens (tertiary/aromatic N) is 4. The molecular weight excluding hydrogens is 1190 g/mol. The fraction of sp³-hybridized carbons (Fsp3) is 0.111. The average Bonchev–Trinajstić information content (AvgIpc) is 3.44. The molecule has 0 atom stereocenters. The Bertz CT molecular complexity index is 2620. The van der Waals surface area contributed by atoms with Crippen molar-refractivity contribution < 1.29 is 69.2 Å². The van der Waals surface area contributed by atoms with E-state index in [-0.39, 0.29) is 55.6 Å². The number of nitro groups is 4. The number of hydrogen-bond donors (Lipinski definition) is 0. The summed E-state index contributed by atoms with van der Waals surface area (Å²) in [4.78, 5) is 39.8. The third-order valence-electron chi connectivity index (χ3n) is 10.2. The minimum absolute atomic E-state index is 0. The van der Waals surface area contributed by atoms with Crippen LogP contribution in [0.15, 0.2) is 182 Å². The van der Waals surface area contributed by atoms with Crippen LogP contribution in [-0.4, -0.2) is 62.4 Å². The predicted molar refractivity (Wildman–Crippen MR) is 287 cm³/mol. The van der Waals surface area contributed by atoms with Gasteiger partial charge in [-0.15, -0.1) is 0 Å². The van der Waals surface area contributed by atoms with Crippen molar-refractivity contribution in [1.82, 2.24) is 0 Å². The van der Waals surface area contributed by atoms with Crippen LogP contribution in [0.2, 0.25) is 0 Å². The van der Waals surface area contributed by atoms with Gasteiger partial charge in [0.25, 0.3) is 0 Å². The average molecular weight is 1230 g/mol. The van der Waals surface area contributed by atoms with Crippen LogP contribution in [0.1, 0.15) is 0 Å². The second kappa shape index (κ2) is 30.0. The Morgan fingerprint density at radius 1 is 0.293 bits per heavy atom. The zero-order valence-electron chi connectivity index (χ0n) is 41.0. The first-order valence-corrected chi connectivity index (χ1v) is 24.5. The molecule has 0 saturated heterocycles. The molecule has 0 aromatic heterocycles. The van der Waals surface area contributed by atoms with Crippen LogP contribution >= 0.6 is 15.8 Å². The van der Waals surface area contributed by atoms with Gasteiger partial charge >= 0.3 is 21.1 Å². The second-order valence-electron chi connectivity index (χ2n) is 14.6. The van der Waals surface area contributed by atoms with Crippen molar-refractivity contribution in [3.8, 4) is 34.5 Å². The van der Waals surface area contributed by atoms with E-state index in [0.717, 1.165) is 0 Å². The quantitative estimate of drug-likeness (QED) is 0.0380. The largest absolute Gasteiger partial charge is 2.00 e. The van der Waals surface area contributed by atoms with E-state index in [4.69, 9.17) is 28.4 Å². The topological polar surface area (TPSA) is 228 Å². The van der Waals surface area contributed by atoms with Gasteiger partial charge in [-0.2, -0.15) is 0 Å². The third-order valence-corrected chi connectivity index (χ3v) is 15.1. The Balaban J connectivity index is 0.000000216. The Labute approximate surface area is 449 Å². The minimum atomic E-state index is -0.853. The Kier molecular flexibility index (Phi) is 23.7. The van der Waals surface area contributed by atoms with Gasteiger partial charge in [-0.3, -0.25) is 40.5 Å². The molecule has 21 heteroatoms. The molecule has 0 N–H and O–H groups in total. The molecule has 0 fully saturated rings. The molecule has 0 bridgehead atoms. The summed E-state index contributed by atoms with van der Waals surface area (Å²) in [6.45, 7) is 0. The summed E-state index contributed by atoms with van der Waals surface area (Å²) in [6.07, 6.45) is 0.